The Kier molecular flexibility index (Phi) is 5.65. The van der Waals surface area contributed by atoms with Crippen LogP contribution in [0.15, 0.2) is 37.1 Å². The zero-order chi connectivity index (χ0) is 17.6. The fraction of sp³-hybridized carbons (Fsp3) is 0.500. The van der Waals surface area contributed by atoms with E-state index in [1.807, 2.05) is 27.8 Å². The largest absolute Gasteiger partial charge is 0.334 e. The first-order valence-electron chi connectivity index (χ1n) is 8.92. The van der Waals surface area contributed by atoms with Gasteiger partial charge in [-0.15, -0.1) is 0 Å². The molecule has 7 nitrogen and oxygen atoms in total. The average Bonchev–Trinajstić information content (AvgIpc) is 3.33. The van der Waals surface area contributed by atoms with Gasteiger partial charge in [0.1, 0.15) is 12.1 Å². The molecule has 2 aromatic rings. The van der Waals surface area contributed by atoms with Crippen molar-refractivity contribution in [1.29, 1.82) is 0 Å². The lowest BCUT2D eigenvalue weighted by atomic mass is 10.2. The van der Waals surface area contributed by atoms with Gasteiger partial charge >= 0.3 is 6.03 Å². The first kappa shape index (κ1) is 17.4. The quantitative estimate of drug-likeness (QED) is 0.871. The topological polar surface area (TPSA) is 66.3 Å². The van der Waals surface area contributed by atoms with E-state index in [1.165, 1.54) is 0 Å². The number of likely N-dealkylation sites (N-methyl/N-ethyl adjacent to an activating group) is 1. The van der Waals surface area contributed by atoms with Gasteiger partial charge in [-0.3, -0.25) is 9.47 Å². The number of rotatable bonds is 6. The zero-order valence-corrected chi connectivity index (χ0v) is 14.9. The molecule has 1 atom stereocenters. The summed E-state index contributed by atoms with van der Waals surface area (Å²) in [6.07, 6.45) is 8.07. The molecule has 1 fully saturated rings. The smallest absolute Gasteiger partial charge is 0.317 e. The third-order valence-electron chi connectivity index (χ3n) is 4.83. The lowest BCUT2D eigenvalue weighted by molar-refractivity contribution is 0.192. The molecule has 25 heavy (non-hydrogen) atoms. The molecule has 7 heteroatoms. The number of hydrogen-bond donors (Lipinski definition) is 1. The first-order chi connectivity index (χ1) is 12.2. The summed E-state index contributed by atoms with van der Waals surface area (Å²) >= 11 is 0. The lowest BCUT2D eigenvalue weighted by Gasteiger charge is -2.26. The summed E-state index contributed by atoms with van der Waals surface area (Å²) in [5, 5.41) is 3.03. The Morgan fingerprint density at radius 3 is 2.92 bits per heavy atom. The van der Waals surface area contributed by atoms with Crippen LogP contribution in [0.25, 0.3) is 5.82 Å². The summed E-state index contributed by atoms with van der Waals surface area (Å²) < 4.78 is 1.85. The monoisotopic (exact) mass is 342 g/mol. The summed E-state index contributed by atoms with van der Waals surface area (Å²) in [6.45, 7) is 8.47. The fourth-order valence-corrected chi connectivity index (χ4v) is 3.43. The SMILES string of the molecule is CCN(CC)[C@@H]1CCN(C(=O)NCc2cccnc2-n2ccnc2)C1. The van der Waals surface area contributed by atoms with Crippen molar-refractivity contribution >= 4 is 6.03 Å². The predicted molar refractivity (Wildman–Crippen MR) is 96.5 cm³/mol. The average molecular weight is 342 g/mol. The van der Waals surface area contributed by atoms with Gasteiger partial charge in [-0.25, -0.2) is 14.8 Å². The summed E-state index contributed by atoms with van der Waals surface area (Å²) in [5.74, 6) is 0.794. The summed E-state index contributed by atoms with van der Waals surface area (Å²) in [6, 6.07) is 4.33. The molecule has 1 aliphatic heterocycles. The Balaban J connectivity index is 1.59. The van der Waals surface area contributed by atoms with E-state index in [-0.39, 0.29) is 6.03 Å². The Labute approximate surface area is 148 Å². The van der Waals surface area contributed by atoms with Crippen LogP contribution in [-0.4, -0.2) is 62.6 Å². The van der Waals surface area contributed by atoms with E-state index in [1.54, 1.807) is 18.7 Å². The lowest BCUT2D eigenvalue weighted by Crippen LogP contribution is -2.42. The number of pyridine rings is 1. The van der Waals surface area contributed by atoms with Gasteiger partial charge in [0.25, 0.3) is 0 Å². The van der Waals surface area contributed by atoms with Crippen LogP contribution in [0.1, 0.15) is 25.8 Å². The summed E-state index contributed by atoms with van der Waals surface area (Å²) in [5.41, 5.74) is 0.966. The number of amides is 2. The van der Waals surface area contributed by atoms with E-state index in [4.69, 9.17) is 0 Å². The standard InChI is InChI=1S/C18H26N6O/c1-3-22(4-2)16-7-10-23(13-16)18(25)21-12-15-6-5-8-20-17(15)24-11-9-19-14-24/h5-6,8-9,11,14,16H,3-4,7,10,12-13H2,1-2H3,(H,21,25)/t16-/m1/s1. The number of urea groups is 1. The second kappa shape index (κ2) is 8.11. The summed E-state index contributed by atoms with van der Waals surface area (Å²) in [4.78, 5) is 25.3. The molecule has 1 aliphatic rings. The van der Waals surface area contributed by atoms with E-state index in [9.17, 15) is 4.79 Å². The highest BCUT2D eigenvalue weighted by atomic mass is 16.2. The molecule has 2 aromatic heterocycles. The normalized spacial score (nSPS) is 17.2. The van der Waals surface area contributed by atoms with Crippen LogP contribution in [0.2, 0.25) is 0 Å². The molecule has 0 radical (unpaired) electrons. The molecule has 0 aliphatic carbocycles. The van der Waals surface area contributed by atoms with Gasteiger partial charge in [-0.05, 0) is 25.6 Å². The van der Waals surface area contributed by atoms with Crippen LogP contribution in [-0.2, 0) is 6.54 Å². The maximum atomic E-state index is 12.5. The van der Waals surface area contributed by atoms with Crippen molar-refractivity contribution in [2.45, 2.75) is 32.9 Å². The van der Waals surface area contributed by atoms with Gasteiger partial charge in [-0.1, -0.05) is 19.9 Å². The van der Waals surface area contributed by atoms with Gasteiger partial charge in [0.15, 0.2) is 0 Å². The van der Waals surface area contributed by atoms with Crippen LogP contribution in [0.3, 0.4) is 0 Å². The molecule has 0 bridgehead atoms. The molecular weight excluding hydrogens is 316 g/mol. The molecular formula is C18H26N6O. The minimum atomic E-state index is -0.00455. The highest BCUT2D eigenvalue weighted by Crippen LogP contribution is 2.16. The van der Waals surface area contributed by atoms with Gasteiger partial charge in [-0.2, -0.15) is 0 Å². The highest BCUT2D eigenvalue weighted by Gasteiger charge is 2.29. The maximum absolute atomic E-state index is 12.5. The van der Waals surface area contributed by atoms with Crippen molar-refractivity contribution in [2.75, 3.05) is 26.2 Å². The van der Waals surface area contributed by atoms with E-state index >= 15 is 0 Å². The van der Waals surface area contributed by atoms with E-state index < -0.39 is 0 Å². The fourth-order valence-electron chi connectivity index (χ4n) is 3.43. The molecule has 0 unspecified atom stereocenters. The highest BCUT2D eigenvalue weighted by molar-refractivity contribution is 5.74. The molecule has 1 N–H and O–H groups in total. The molecule has 2 amide bonds. The zero-order valence-electron chi connectivity index (χ0n) is 14.9. The van der Waals surface area contributed by atoms with Gasteiger partial charge < -0.3 is 10.2 Å². The van der Waals surface area contributed by atoms with Crippen molar-refractivity contribution in [2.24, 2.45) is 0 Å². The van der Waals surface area contributed by atoms with Crippen molar-refractivity contribution in [3.8, 4) is 5.82 Å². The number of likely N-dealkylation sites (tertiary alicyclic amines) is 1. The third-order valence-corrected chi connectivity index (χ3v) is 4.83. The molecule has 1 saturated heterocycles. The predicted octanol–water partition coefficient (Wildman–Crippen LogP) is 1.89. The molecule has 3 rings (SSSR count). The van der Waals surface area contributed by atoms with Crippen LogP contribution in [0, 0.1) is 0 Å². The Hall–Kier alpha value is -2.41. The number of nitrogens with one attached hydrogen (secondary N) is 1. The number of carbonyl (C=O) groups is 1. The Bertz CT molecular complexity index is 683. The Morgan fingerprint density at radius 1 is 1.36 bits per heavy atom. The van der Waals surface area contributed by atoms with Gasteiger partial charge in [0.05, 0.1) is 0 Å². The Morgan fingerprint density at radius 2 is 2.20 bits per heavy atom. The van der Waals surface area contributed by atoms with Gasteiger partial charge in [0, 0.05) is 49.8 Å². The number of hydrogen-bond acceptors (Lipinski definition) is 4. The minimum Gasteiger partial charge on any atom is -0.334 e. The number of nitrogens with zero attached hydrogens (tertiary/aromatic N) is 5. The van der Waals surface area contributed by atoms with E-state index in [0.29, 0.717) is 12.6 Å². The van der Waals surface area contributed by atoms with Crippen molar-refractivity contribution in [3.63, 3.8) is 0 Å². The molecule has 0 aromatic carbocycles. The van der Waals surface area contributed by atoms with Crippen molar-refractivity contribution < 1.29 is 4.79 Å². The minimum absolute atomic E-state index is 0.00455. The molecule has 0 spiro atoms. The number of carbonyl (C=O) groups excluding carboxylic acids is 1. The van der Waals surface area contributed by atoms with Crippen LogP contribution in [0.5, 0.6) is 0 Å². The van der Waals surface area contributed by atoms with Crippen molar-refractivity contribution in [1.82, 2.24) is 29.7 Å². The van der Waals surface area contributed by atoms with E-state index in [0.717, 1.165) is 44.0 Å². The second-order valence-corrected chi connectivity index (χ2v) is 6.22. The molecule has 3 heterocycles. The van der Waals surface area contributed by atoms with Crippen LogP contribution >= 0.6 is 0 Å². The number of aromatic nitrogens is 3. The maximum Gasteiger partial charge on any atom is 0.317 e. The second-order valence-electron chi connectivity index (χ2n) is 6.22. The van der Waals surface area contributed by atoms with Crippen molar-refractivity contribution in [3.05, 3.63) is 42.6 Å². The molecule has 0 saturated carbocycles. The van der Waals surface area contributed by atoms with E-state index in [2.05, 4.69) is 34.0 Å². The first-order valence-corrected chi connectivity index (χ1v) is 8.92. The van der Waals surface area contributed by atoms with Gasteiger partial charge in [0.2, 0.25) is 0 Å². The molecule has 134 valence electrons. The summed E-state index contributed by atoms with van der Waals surface area (Å²) in [7, 11) is 0. The van der Waals surface area contributed by atoms with Crippen LogP contribution < -0.4 is 5.32 Å². The van der Waals surface area contributed by atoms with Crippen LogP contribution in [0.4, 0.5) is 4.79 Å². The third kappa shape index (κ3) is 3.99. The number of imidazole rings is 1.